The summed E-state index contributed by atoms with van der Waals surface area (Å²) in [6, 6.07) is 0. The van der Waals surface area contributed by atoms with Crippen LogP contribution in [0.25, 0.3) is 0 Å². The van der Waals surface area contributed by atoms with Gasteiger partial charge in [-0.3, -0.25) is 4.79 Å². The van der Waals surface area contributed by atoms with Crippen LogP contribution < -0.4 is 0 Å². The molecule has 2 aliphatic carbocycles. The first-order valence-electron chi connectivity index (χ1n) is 7.24. The van der Waals surface area contributed by atoms with E-state index in [1.54, 1.807) is 0 Å². The monoisotopic (exact) mass is 222 g/mol. The van der Waals surface area contributed by atoms with E-state index in [4.69, 9.17) is 0 Å². The van der Waals surface area contributed by atoms with E-state index in [2.05, 4.69) is 6.92 Å². The average molecular weight is 222 g/mol. The van der Waals surface area contributed by atoms with Crippen molar-refractivity contribution in [2.45, 2.75) is 77.6 Å². The molecule has 2 aliphatic rings. The van der Waals surface area contributed by atoms with Crippen molar-refractivity contribution in [3.05, 3.63) is 0 Å². The zero-order chi connectivity index (χ0) is 11.4. The first-order valence-corrected chi connectivity index (χ1v) is 7.24. The molecule has 0 spiro atoms. The van der Waals surface area contributed by atoms with Gasteiger partial charge in [-0.2, -0.15) is 0 Å². The molecule has 0 amide bonds. The minimum absolute atomic E-state index is 0.0513. The van der Waals surface area contributed by atoms with Crippen LogP contribution in [0.5, 0.6) is 0 Å². The zero-order valence-electron chi connectivity index (χ0n) is 10.8. The summed E-state index contributed by atoms with van der Waals surface area (Å²) in [5.41, 5.74) is 0.0513. The molecule has 0 aromatic heterocycles. The highest BCUT2D eigenvalue weighted by molar-refractivity contribution is 5.84. The van der Waals surface area contributed by atoms with Crippen molar-refractivity contribution in [3.8, 4) is 0 Å². The minimum Gasteiger partial charge on any atom is -0.299 e. The van der Waals surface area contributed by atoms with Crippen molar-refractivity contribution in [2.24, 2.45) is 11.3 Å². The smallest absolute Gasteiger partial charge is 0.139 e. The molecule has 0 aromatic carbocycles. The predicted octanol–water partition coefficient (Wildman–Crippen LogP) is 4.50. The summed E-state index contributed by atoms with van der Waals surface area (Å²) >= 11 is 0. The summed E-state index contributed by atoms with van der Waals surface area (Å²) in [6.45, 7) is 2.22. The zero-order valence-corrected chi connectivity index (χ0v) is 10.8. The van der Waals surface area contributed by atoms with Crippen molar-refractivity contribution in [1.82, 2.24) is 0 Å². The number of Topliss-reactive ketones (excluding diaryl/α,β-unsaturated/α-hetero) is 1. The largest absolute Gasteiger partial charge is 0.299 e. The fourth-order valence-corrected chi connectivity index (χ4v) is 3.51. The highest BCUT2D eigenvalue weighted by Gasteiger charge is 2.35. The Morgan fingerprint density at radius 1 is 1.00 bits per heavy atom. The first-order chi connectivity index (χ1) is 7.71. The van der Waals surface area contributed by atoms with E-state index >= 15 is 0 Å². The number of carbonyl (C=O) groups excluding carboxylic acids is 1. The van der Waals surface area contributed by atoms with Gasteiger partial charge in [-0.05, 0) is 18.8 Å². The van der Waals surface area contributed by atoms with Crippen molar-refractivity contribution in [1.29, 1.82) is 0 Å². The number of hydrogen-bond acceptors (Lipinski definition) is 1. The molecule has 0 aromatic rings. The fraction of sp³-hybridized carbons (Fsp3) is 0.933. The van der Waals surface area contributed by atoms with E-state index in [1.165, 1.54) is 51.4 Å². The Hall–Kier alpha value is -0.330. The maximum Gasteiger partial charge on any atom is 0.139 e. The molecule has 0 atom stereocenters. The highest BCUT2D eigenvalue weighted by Crippen LogP contribution is 2.39. The quantitative estimate of drug-likeness (QED) is 0.687. The third-order valence-electron chi connectivity index (χ3n) is 4.83. The molecule has 0 heterocycles. The van der Waals surface area contributed by atoms with Gasteiger partial charge in [0, 0.05) is 11.8 Å². The first kappa shape index (κ1) is 12.1. The molecule has 2 saturated carbocycles. The second kappa shape index (κ2) is 5.33. The Morgan fingerprint density at radius 3 is 2.19 bits per heavy atom. The Kier molecular flexibility index (Phi) is 4.05. The number of carbonyl (C=O) groups is 1. The number of hydrogen-bond donors (Lipinski definition) is 0. The van der Waals surface area contributed by atoms with Gasteiger partial charge in [0.05, 0.1) is 0 Å². The molecule has 1 heteroatoms. The summed E-state index contributed by atoms with van der Waals surface area (Å²) in [4.78, 5) is 12.4. The summed E-state index contributed by atoms with van der Waals surface area (Å²) in [5.74, 6) is 1.30. The molecule has 2 rings (SSSR count). The lowest BCUT2D eigenvalue weighted by Gasteiger charge is -2.34. The van der Waals surface area contributed by atoms with Crippen LogP contribution in [0.1, 0.15) is 77.6 Å². The SMILES string of the molecule is CC1(C(=O)CC2CCCCC2)CCCCC1. The molecule has 92 valence electrons. The molecule has 0 aliphatic heterocycles. The van der Waals surface area contributed by atoms with Gasteiger partial charge in [-0.15, -0.1) is 0 Å². The fourth-order valence-electron chi connectivity index (χ4n) is 3.51. The van der Waals surface area contributed by atoms with Gasteiger partial charge in [0.2, 0.25) is 0 Å². The van der Waals surface area contributed by atoms with Crippen molar-refractivity contribution in [2.75, 3.05) is 0 Å². The Labute approximate surface area is 100.0 Å². The Balaban J connectivity index is 1.85. The molecular weight excluding hydrogens is 196 g/mol. The topological polar surface area (TPSA) is 17.1 Å². The normalized spacial score (nSPS) is 26.6. The lowest BCUT2D eigenvalue weighted by molar-refractivity contribution is -0.130. The van der Waals surface area contributed by atoms with Crippen LogP contribution in [0.2, 0.25) is 0 Å². The van der Waals surface area contributed by atoms with Crippen molar-refractivity contribution >= 4 is 5.78 Å². The van der Waals surface area contributed by atoms with E-state index in [0.717, 1.165) is 25.2 Å². The predicted molar refractivity (Wildman–Crippen MR) is 67.4 cm³/mol. The van der Waals surface area contributed by atoms with Crippen LogP contribution in [0.15, 0.2) is 0 Å². The minimum atomic E-state index is 0.0513. The van der Waals surface area contributed by atoms with Crippen molar-refractivity contribution in [3.63, 3.8) is 0 Å². The molecule has 16 heavy (non-hydrogen) atoms. The number of rotatable bonds is 3. The van der Waals surface area contributed by atoms with E-state index in [-0.39, 0.29) is 5.41 Å². The van der Waals surface area contributed by atoms with Gasteiger partial charge >= 0.3 is 0 Å². The molecule has 0 radical (unpaired) electrons. The van der Waals surface area contributed by atoms with E-state index in [1.807, 2.05) is 0 Å². The lowest BCUT2D eigenvalue weighted by Crippen LogP contribution is -2.32. The van der Waals surface area contributed by atoms with Crippen LogP contribution in [-0.2, 0) is 4.79 Å². The van der Waals surface area contributed by atoms with Gasteiger partial charge in [0.1, 0.15) is 5.78 Å². The van der Waals surface area contributed by atoms with E-state index in [9.17, 15) is 4.79 Å². The van der Waals surface area contributed by atoms with Crippen LogP contribution in [0.4, 0.5) is 0 Å². The number of ketones is 1. The van der Waals surface area contributed by atoms with Gasteiger partial charge in [-0.25, -0.2) is 0 Å². The average Bonchev–Trinajstić information content (AvgIpc) is 2.31. The van der Waals surface area contributed by atoms with E-state index in [0.29, 0.717) is 5.78 Å². The van der Waals surface area contributed by atoms with Gasteiger partial charge < -0.3 is 0 Å². The van der Waals surface area contributed by atoms with E-state index < -0.39 is 0 Å². The summed E-state index contributed by atoms with van der Waals surface area (Å²) < 4.78 is 0. The molecular formula is C15H26O. The third-order valence-corrected chi connectivity index (χ3v) is 4.83. The Morgan fingerprint density at radius 2 is 1.56 bits per heavy atom. The van der Waals surface area contributed by atoms with Gasteiger partial charge in [-0.1, -0.05) is 58.3 Å². The molecule has 0 saturated heterocycles. The summed E-state index contributed by atoms with van der Waals surface area (Å²) in [5, 5.41) is 0. The maximum absolute atomic E-state index is 12.4. The Bertz CT molecular complexity index is 232. The molecule has 0 bridgehead atoms. The van der Waals surface area contributed by atoms with Crippen LogP contribution in [0.3, 0.4) is 0 Å². The van der Waals surface area contributed by atoms with Gasteiger partial charge in [0.15, 0.2) is 0 Å². The standard InChI is InChI=1S/C15H26O/c1-15(10-6-3-7-11-15)14(16)12-13-8-4-2-5-9-13/h13H,2-12H2,1H3. The van der Waals surface area contributed by atoms with Crippen LogP contribution in [0, 0.1) is 11.3 Å². The summed E-state index contributed by atoms with van der Waals surface area (Å²) in [6.07, 6.45) is 13.8. The molecule has 2 fully saturated rings. The van der Waals surface area contributed by atoms with Crippen molar-refractivity contribution < 1.29 is 4.79 Å². The van der Waals surface area contributed by atoms with Gasteiger partial charge in [0.25, 0.3) is 0 Å². The maximum atomic E-state index is 12.4. The molecule has 0 N–H and O–H groups in total. The second-order valence-electron chi connectivity index (χ2n) is 6.25. The van der Waals surface area contributed by atoms with Crippen LogP contribution in [-0.4, -0.2) is 5.78 Å². The molecule has 0 unspecified atom stereocenters. The summed E-state index contributed by atoms with van der Waals surface area (Å²) in [7, 11) is 0. The second-order valence-corrected chi connectivity index (χ2v) is 6.25. The van der Waals surface area contributed by atoms with Crippen LogP contribution >= 0.6 is 0 Å². The highest BCUT2D eigenvalue weighted by atomic mass is 16.1. The lowest BCUT2D eigenvalue weighted by atomic mass is 9.70. The molecule has 1 nitrogen and oxygen atoms in total. The third kappa shape index (κ3) is 2.87.